The van der Waals surface area contributed by atoms with Crippen LogP contribution >= 0.6 is 46.4 Å². The van der Waals surface area contributed by atoms with Crippen LogP contribution in [-0.4, -0.2) is 31.9 Å². The smallest absolute Gasteiger partial charge is 0.340 e. The first kappa shape index (κ1) is 25.1. The molecular formula is C20H13Cl4N3O5S. The van der Waals surface area contributed by atoms with E-state index in [2.05, 4.69) is 15.0 Å². The Bertz CT molecular complexity index is 1320. The van der Waals surface area contributed by atoms with E-state index < -0.39 is 28.5 Å². The van der Waals surface area contributed by atoms with Gasteiger partial charge in [0, 0.05) is 16.9 Å². The first-order valence-electron chi connectivity index (χ1n) is 8.91. The maximum atomic E-state index is 12.7. The van der Waals surface area contributed by atoms with Gasteiger partial charge < -0.3 is 10.1 Å². The SMILES string of the molecule is O=C(COC(=O)c1cc(S(=O)(=O)Nc2ccc(Cl)cc2)ccc1Cl)Nc1ncc(Cl)cc1Cl. The van der Waals surface area contributed by atoms with Crippen molar-refractivity contribution in [3.8, 4) is 0 Å². The molecule has 33 heavy (non-hydrogen) atoms. The van der Waals surface area contributed by atoms with Crippen molar-refractivity contribution >= 4 is 79.8 Å². The molecule has 0 fully saturated rings. The Labute approximate surface area is 208 Å². The van der Waals surface area contributed by atoms with Crippen molar-refractivity contribution in [3.05, 3.63) is 80.4 Å². The van der Waals surface area contributed by atoms with Crippen LogP contribution in [0.25, 0.3) is 0 Å². The molecule has 0 radical (unpaired) electrons. The molecule has 0 spiro atoms. The molecule has 0 saturated carbocycles. The summed E-state index contributed by atoms with van der Waals surface area (Å²) in [7, 11) is -4.05. The zero-order valence-corrected chi connectivity index (χ0v) is 20.2. The maximum absolute atomic E-state index is 12.7. The minimum Gasteiger partial charge on any atom is -0.452 e. The number of halogens is 4. The van der Waals surface area contributed by atoms with Crippen molar-refractivity contribution in [3.63, 3.8) is 0 Å². The third-order valence-electron chi connectivity index (χ3n) is 3.96. The summed E-state index contributed by atoms with van der Waals surface area (Å²) in [6.07, 6.45) is 1.28. The van der Waals surface area contributed by atoms with Crippen molar-refractivity contribution in [1.82, 2.24) is 4.98 Å². The van der Waals surface area contributed by atoms with Crippen LogP contribution < -0.4 is 10.0 Å². The zero-order chi connectivity index (χ0) is 24.2. The molecule has 1 heterocycles. The number of pyridine rings is 1. The average Bonchev–Trinajstić information content (AvgIpc) is 2.75. The minimum absolute atomic E-state index is 0.0292. The van der Waals surface area contributed by atoms with Crippen LogP contribution in [0.15, 0.2) is 59.6 Å². The highest BCUT2D eigenvalue weighted by molar-refractivity contribution is 7.92. The number of nitrogens with zero attached hydrogens (tertiary/aromatic N) is 1. The number of aromatic nitrogens is 1. The predicted octanol–water partition coefficient (Wildman–Crippen LogP) is 5.29. The fraction of sp³-hybridized carbons (Fsp3) is 0.0500. The highest BCUT2D eigenvalue weighted by atomic mass is 35.5. The normalized spacial score (nSPS) is 11.0. The lowest BCUT2D eigenvalue weighted by Crippen LogP contribution is -2.22. The van der Waals surface area contributed by atoms with E-state index in [0.717, 1.165) is 6.07 Å². The van der Waals surface area contributed by atoms with Crippen molar-refractivity contribution in [1.29, 1.82) is 0 Å². The molecule has 2 N–H and O–H groups in total. The summed E-state index contributed by atoms with van der Waals surface area (Å²) in [6.45, 7) is -0.699. The third-order valence-corrected chi connectivity index (χ3v) is 6.42. The Morgan fingerprint density at radius 1 is 0.909 bits per heavy atom. The number of benzene rings is 2. The van der Waals surface area contributed by atoms with Gasteiger partial charge in [0.15, 0.2) is 12.4 Å². The Kier molecular flexibility index (Phi) is 8.04. The zero-order valence-electron chi connectivity index (χ0n) is 16.3. The number of sulfonamides is 1. The summed E-state index contributed by atoms with van der Waals surface area (Å²) >= 11 is 23.5. The number of carbonyl (C=O) groups excluding carboxylic acids is 2. The molecule has 8 nitrogen and oxygen atoms in total. The van der Waals surface area contributed by atoms with E-state index in [-0.39, 0.29) is 37.0 Å². The Morgan fingerprint density at radius 2 is 1.61 bits per heavy atom. The molecule has 0 saturated heterocycles. The van der Waals surface area contributed by atoms with Crippen LogP contribution in [0, 0.1) is 0 Å². The number of nitrogens with one attached hydrogen (secondary N) is 2. The van der Waals surface area contributed by atoms with Crippen LogP contribution in [0.2, 0.25) is 20.1 Å². The molecule has 3 aromatic rings. The second-order valence-electron chi connectivity index (χ2n) is 6.36. The molecule has 2 aromatic carbocycles. The van der Waals surface area contributed by atoms with Gasteiger partial charge in [-0.2, -0.15) is 0 Å². The maximum Gasteiger partial charge on any atom is 0.340 e. The lowest BCUT2D eigenvalue weighted by atomic mass is 10.2. The van der Waals surface area contributed by atoms with E-state index in [9.17, 15) is 18.0 Å². The van der Waals surface area contributed by atoms with E-state index in [4.69, 9.17) is 51.1 Å². The molecule has 0 aliphatic heterocycles. The quantitative estimate of drug-likeness (QED) is 0.387. The Balaban J connectivity index is 1.69. The summed E-state index contributed by atoms with van der Waals surface area (Å²) in [5.74, 6) is -1.71. The summed E-state index contributed by atoms with van der Waals surface area (Å²) in [5, 5.41) is 3.11. The highest BCUT2D eigenvalue weighted by Crippen LogP contribution is 2.25. The fourth-order valence-electron chi connectivity index (χ4n) is 2.44. The molecule has 1 amide bonds. The van der Waals surface area contributed by atoms with Gasteiger partial charge in [0.25, 0.3) is 15.9 Å². The van der Waals surface area contributed by atoms with Gasteiger partial charge in [0.05, 0.1) is 25.5 Å². The minimum atomic E-state index is -4.05. The van der Waals surface area contributed by atoms with Crippen LogP contribution in [0.5, 0.6) is 0 Å². The number of ether oxygens (including phenoxy) is 1. The average molecular weight is 549 g/mol. The first-order valence-corrected chi connectivity index (χ1v) is 11.9. The van der Waals surface area contributed by atoms with Crippen LogP contribution in [0.3, 0.4) is 0 Å². The molecular weight excluding hydrogens is 536 g/mol. The molecule has 0 unspecified atom stereocenters. The number of carbonyl (C=O) groups is 2. The van der Waals surface area contributed by atoms with Gasteiger partial charge in [0.1, 0.15) is 0 Å². The summed E-state index contributed by atoms with van der Waals surface area (Å²) in [4.78, 5) is 28.1. The predicted molar refractivity (Wildman–Crippen MR) is 127 cm³/mol. The van der Waals surface area contributed by atoms with Crippen molar-refractivity contribution < 1.29 is 22.7 Å². The molecule has 0 aliphatic carbocycles. The van der Waals surface area contributed by atoms with E-state index in [1.54, 1.807) is 0 Å². The van der Waals surface area contributed by atoms with Crippen molar-refractivity contribution in [2.24, 2.45) is 0 Å². The number of anilines is 2. The fourth-order valence-corrected chi connectivity index (χ4v) is 4.28. The number of esters is 1. The van der Waals surface area contributed by atoms with Crippen LogP contribution in [0.4, 0.5) is 11.5 Å². The Hall–Kier alpha value is -2.56. The van der Waals surface area contributed by atoms with Crippen molar-refractivity contribution in [2.75, 3.05) is 16.6 Å². The first-order chi connectivity index (χ1) is 15.5. The largest absolute Gasteiger partial charge is 0.452 e. The van der Waals surface area contributed by atoms with Crippen LogP contribution in [0.1, 0.15) is 10.4 Å². The van der Waals surface area contributed by atoms with Gasteiger partial charge in [-0.3, -0.25) is 9.52 Å². The van der Waals surface area contributed by atoms with Gasteiger partial charge >= 0.3 is 5.97 Å². The summed E-state index contributed by atoms with van der Waals surface area (Å²) in [5.41, 5.74) is 0.0238. The second-order valence-corrected chi connectivity index (χ2v) is 9.73. The molecule has 0 bridgehead atoms. The standard InChI is InChI=1S/C20H13Cl4N3O5S/c21-11-1-3-13(4-2-11)27-33(30,31)14-5-6-16(23)15(8-14)20(29)32-10-18(28)26-19-17(24)7-12(22)9-25-19/h1-9,27H,10H2,(H,25,26,28). The van der Waals surface area contributed by atoms with E-state index >= 15 is 0 Å². The monoisotopic (exact) mass is 547 g/mol. The van der Waals surface area contributed by atoms with Gasteiger partial charge in [-0.15, -0.1) is 0 Å². The second kappa shape index (κ2) is 10.6. The lowest BCUT2D eigenvalue weighted by molar-refractivity contribution is -0.119. The summed E-state index contributed by atoms with van der Waals surface area (Å²) in [6, 6.07) is 10.9. The molecule has 0 aliphatic rings. The number of amides is 1. The van der Waals surface area contributed by atoms with Gasteiger partial charge in [-0.05, 0) is 48.5 Å². The molecule has 3 rings (SSSR count). The number of rotatable bonds is 7. The van der Waals surface area contributed by atoms with Gasteiger partial charge in [0.2, 0.25) is 0 Å². The third kappa shape index (κ3) is 6.72. The number of hydrogen-bond acceptors (Lipinski definition) is 6. The molecule has 1 aromatic heterocycles. The number of hydrogen-bond donors (Lipinski definition) is 2. The van der Waals surface area contributed by atoms with Crippen molar-refractivity contribution in [2.45, 2.75) is 4.90 Å². The molecule has 0 atom stereocenters. The Morgan fingerprint density at radius 3 is 2.27 bits per heavy atom. The topological polar surface area (TPSA) is 114 Å². The van der Waals surface area contributed by atoms with E-state index in [0.29, 0.717) is 5.02 Å². The summed E-state index contributed by atoms with van der Waals surface area (Å²) < 4.78 is 32.6. The van der Waals surface area contributed by atoms with Crippen LogP contribution in [-0.2, 0) is 19.6 Å². The molecule has 13 heteroatoms. The lowest BCUT2D eigenvalue weighted by Gasteiger charge is -2.11. The highest BCUT2D eigenvalue weighted by Gasteiger charge is 2.21. The molecule has 172 valence electrons. The van der Waals surface area contributed by atoms with E-state index in [1.807, 2.05) is 0 Å². The van der Waals surface area contributed by atoms with Gasteiger partial charge in [-0.1, -0.05) is 46.4 Å². The van der Waals surface area contributed by atoms with E-state index in [1.165, 1.54) is 48.7 Å². The van der Waals surface area contributed by atoms with Gasteiger partial charge in [-0.25, -0.2) is 18.2 Å².